The summed E-state index contributed by atoms with van der Waals surface area (Å²) in [6, 6.07) is 6.86. The van der Waals surface area contributed by atoms with Crippen molar-refractivity contribution < 1.29 is 22.7 Å². The number of para-hydroxylation sites is 2. The molecule has 1 atom stereocenters. The molecular formula is C13H17NO5S. The van der Waals surface area contributed by atoms with Gasteiger partial charge in [-0.3, -0.25) is 9.10 Å². The molecule has 0 aliphatic carbocycles. The first kappa shape index (κ1) is 14.6. The van der Waals surface area contributed by atoms with Gasteiger partial charge >= 0.3 is 5.97 Å². The van der Waals surface area contributed by atoms with Crippen LogP contribution < -0.4 is 9.04 Å². The maximum Gasteiger partial charge on any atom is 0.309 e. The Hall–Kier alpha value is -1.76. The highest BCUT2D eigenvalue weighted by Crippen LogP contribution is 2.35. The number of rotatable bonds is 4. The first-order valence-electron chi connectivity index (χ1n) is 6.31. The van der Waals surface area contributed by atoms with Gasteiger partial charge < -0.3 is 9.47 Å². The second-order valence-electron chi connectivity index (χ2n) is 4.51. The fourth-order valence-corrected chi connectivity index (χ4v) is 3.03. The number of anilines is 1. The van der Waals surface area contributed by atoms with E-state index in [1.165, 1.54) is 4.31 Å². The summed E-state index contributed by atoms with van der Waals surface area (Å²) < 4.78 is 35.5. The number of nitrogens with zero attached hydrogens (tertiary/aromatic N) is 1. The van der Waals surface area contributed by atoms with Crippen LogP contribution in [0.25, 0.3) is 0 Å². The Labute approximate surface area is 118 Å². The Balaban J connectivity index is 2.25. The second-order valence-corrected chi connectivity index (χ2v) is 6.42. The molecule has 0 fully saturated rings. The molecule has 1 heterocycles. The van der Waals surface area contributed by atoms with E-state index in [1.54, 1.807) is 31.2 Å². The van der Waals surface area contributed by atoms with Gasteiger partial charge in [0, 0.05) is 0 Å². The van der Waals surface area contributed by atoms with Gasteiger partial charge in [-0.2, -0.15) is 0 Å². The predicted molar refractivity (Wildman–Crippen MR) is 74.3 cm³/mol. The summed E-state index contributed by atoms with van der Waals surface area (Å²) in [5, 5.41) is 0. The quantitative estimate of drug-likeness (QED) is 0.780. The number of fused-ring (bicyclic) bond motifs is 1. The molecule has 0 spiro atoms. The van der Waals surface area contributed by atoms with Gasteiger partial charge in [0.25, 0.3) is 0 Å². The Morgan fingerprint density at radius 3 is 2.80 bits per heavy atom. The van der Waals surface area contributed by atoms with Gasteiger partial charge in [0.15, 0.2) is 0 Å². The topological polar surface area (TPSA) is 72.9 Å². The van der Waals surface area contributed by atoms with E-state index in [-0.39, 0.29) is 19.6 Å². The van der Waals surface area contributed by atoms with Crippen LogP contribution >= 0.6 is 0 Å². The van der Waals surface area contributed by atoms with E-state index in [4.69, 9.17) is 9.47 Å². The van der Waals surface area contributed by atoms with Crippen molar-refractivity contribution in [2.45, 2.75) is 19.4 Å². The number of hydrogen-bond acceptors (Lipinski definition) is 5. The molecule has 0 aromatic heterocycles. The third-order valence-corrected chi connectivity index (χ3v) is 4.04. The van der Waals surface area contributed by atoms with Gasteiger partial charge in [0.1, 0.15) is 11.9 Å². The van der Waals surface area contributed by atoms with E-state index in [9.17, 15) is 13.2 Å². The van der Waals surface area contributed by atoms with Gasteiger partial charge in [-0.15, -0.1) is 0 Å². The molecular weight excluding hydrogens is 282 g/mol. The number of sulfonamides is 1. The number of carbonyl (C=O) groups is 1. The molecule has 110 valence electrons. The van der Waals surface area contributed by atoms with Gasteiger partial charge in [-0.25, -0.2) is 8.42 Å². The first-order chi connectivity index (χ1) is 9.41. The molecule has 0 bridgehead atoms. The molecule has 1 aromatic rings. The lowest BCUT2D eigenvalue weighted by atomic mass is 10.2. The number of benzene rings is 1. The van der Waals surface area contributed by atoms with Crippen LogP contribution in [0, 0.1) is 0 Å². The van der Waals surface area contributed by atoms with E-state index in [0.29, 0.717) is 11.4 Å². The van der Waals surface area contributed by atoms with Crippen LogP contribution in [0.4, 0.5) is 5.69 Å². The summed E-state index contributed by atoms with van der Waals surface area (Å²) in [5.41, 5.74) is 0.495. The minimum atomic E-state index is -3.42. The minimum absolute atomic E-state index is 0.0220. The summed E-state index contributed by atoms with van der Waals surface area (Å²) in [5.74, 6) is 0.0591. The van der Waals surface area contributed by atoms with E-state index in [1.807, 2.05) is 0 Å². The lowest BCUT2D eigenvalue weighted by Crippen LogP contribution is -2.44. The Kier molecular flexibility index (Phi) is 4.17. The number of ether oxygens (including phenoxy) is 2. The van der Waals surface area contributed by atoms with Crippen molar-refractivity contribution in [2.75, 3.05) is 23.7 Å². The van der Waals surface area contributed by atoms with Crippen LogP contribution in [0.2, 0.25) is 0 Å². The molecule has 0 radical (unpaired) electrons. The average molecular weight is 299 g/mol. The van der Waals surface area contributed by atoms with Crippen LogP contribution in [0.5, 0.6) is 5.75 Å². The van der Waals surface area contributed by atoms with Gasteiger partial charge in [0.05, 0.1) is 31.5 Å². The Morgan fingerprint density at radius 2 is 2.15 bits per heavy atom. The zero-order valence-electron chi connectivity index (χ0n) is 11.4. The zero-order valence-corrected chi connectivity index (χ0v) is 12.2. The molecule has 0 N–H and O–H groups in total. The van der Waals surface area contributed by atoms with E-state index in [2.05, 4.69) is 0 Å². The summed E-state index contributed by atoms with van der Waals surface area (Å²) in [6.07, 6.45) is 0.615. The third-order valence-electron chi connectivity index (χ3n) is 2.90. The van der Waals surface area contributed by atoms with Crippen LogP contribution in [-0.4, -0.2) is 39.9 Å². The van der Waals surface area contributed by atoms with Crippen molar-refractivity contribution in [1.29, 1.82) is 0 Å². The van der Waals surface area contributed by atoms with Crippen LogP contribution in [0.3, 0.4) is 0 Å². The molecule has 1 aliphatic heterocycles. The molecule has 0 unspecified atom stereocenters. The number of carbonyl (C=O) groups excluding carboxylic acids is 1. The fraction of sp³-hybridized carbons (Fsp3) is 0.462. The van der Waals surface area contributed by atoms with Crippen LogP contribution in [-0.2, 0) is 19.6 Å². The zero-order chi connectivity index (χ0) is 14.8. The van der Waals surface area contributed by atoms with Crippen molar-refractivity contribution in [3.8, 4) is 5.75 Å². The molecule has 0 saturated carbocycles. The maximum atomic E-state index is 11.9. The van der Waals surface area contributed by atoms with Gasteiger partial charge in [-0.05, 0) is 19.1 Å². The van der Waals surface area contributed by atoms with Crippen molar-refractivity contribution >= 4 is 21.7 Å². The smallest absolute Gasteiger partial charge is 0.309 e. The predicted octanol–water partition coefficient (Wildman–Crippen LogP) is 1.17. The molecule has 0 amide bonds. The third kappa shape index (κ3) is 3.22. The Bertz CT molecular complexity index is 599. The summed E-state index contributed by atoms with van der Waals surface area (Å²) >= 11 is 0. The lowest BCUT2D eigenvalue weighted by molar-refractivity contribution is -0.144. The maximum absolute atomic E-state index is 11.9. The fourth-order valence-electron chi connectivity index (χ4n) is 2.09. The van der Waals surface area contributed by atoms with Gasteiger partial charge in [-0.1, -0.05) is 12.1 Å². The van der Waals surface area contributed by atoms with Crippen LogP contribution in [0.15, 0.2) is 24.3 Å². The molecule has 0 saturated heterocycles. The summed E-state index contributed by atoms with van der Waals surface area (Å²) in [7, 11) is -3.42. The normalized spacial score (nSPS) is 18.1. The monoisotopic (exact) mass is 299 g/mol. The minimum Gasteiger partial charge on any atom is -0.486 e. The van der Waals surface area contributed by atoms with Gasteiger partial charge in [0.2, 0.25) is 10.0 Å². The van der Waals surface area contributed by atoms with E-state index < -0.39 is 22.1 Å². The lowest BCUT2D eigenvalue weighted by Gasteiger charge is -2.34. The highest BCUT2D eigenvalue weighted by Gasteiger charge is 2.32. The first-order valence-corrected chi connectivity index (χ1v) is 8.15. The summed E-state index contributed by atoms with van der Waals surface area (Å²) in [4.78, 5) is 11.5. The molecule has 1 aliphatic rings. The SMILES string of the molecule is CCOC(=O)C[C@H]1CN(S(C)(=O)=O)c2ccccc2O1. The van der Waals surface area contributed by atoms with Crippen LogP contribution in [0.1, 0.15) is 13.3 Å². The number of esters is 1. The van der Waals surface area contributed by atoms with Crippen molar-refractivity contribution in [1.82, 2.24) is 0 Å². The van der Waals surface area contributed by atoms with Crippen molar-refractivity contribution in [3.63, 3.8) is 0 Å². The number of hydrogen-bond donors (Lipinski definition) is 0. The summed E-state index contributed by atoms with van der Waals surface area (Å²) in [6.45, 7) is 2.12. The second kappa shape index (κ2) is 5.70. The molecule has 1 aromatic carbocycles. The molecule has 20 heavy (non-hydrogen) atoms. The van der Waals surface area contributed by atoms with Crippen molar-refractivity contribution in [3.05, 3.63) is 24.3 Å². The Morgan fingerprint density at radius 1 is 1.45 bits per heavy atom. The van der Waals surface area contributed by atoms with E-state index in [0.717, 1.165) is 6.26 Å². The molecule has 7 heteroatoms. The highest BCUT2D eigenvalue weighted by atomic mass is 32.2. The van der Waals surface area contributed by atoms with E-state index >= 15 is 0 Å². The largest absolute Gasteiger partial charge is 0.486 e. The average Bonchev–Trinajstić information content (AvgIpc) is 2.37. The highest BCUT2D eigenvalue weighted by molar-refractivity contribution is 7.92. The molecule has 6 nitrogen and oxygen atoms in total. The molecule has 2 rings (SSSR count). The standard InChI is InChI=1S/C13H17NO5S/c1-3-18-13(15)8-10-9-14(20(2,16)17)11-6-4-5-7-12(11)19-10/h4-7,10H,3,8-9H2,1-2H3/t10-/m0/s1. The van der Waals surface area contributed by atoms with Crippen molar-refractivity contribution in [2.24, 2.45) is 0 Å².